The van der Waals surface area contributed by atoms with Gasteiger partial charge in [0.2, 0.25) is 0 Å². The number of halogens is 1. The second kappa shape index (κ2) is 6.10. The minimum Gasteiger partial charge on any atom is -0.506 e. The predicted molar refractivity (Wildman–Crippen MR) is 119 cm³/mol. The zero-order valence-corrected chi connectivity index (χ0v) is 17.6. The maximum atomic E-state index is 11.1. The Hall–Kier alpha value is -1.80. The Kier molecular flexibility index (Phi) is 3.72. The van der Waals surface area contributed by atoms with Gasteiger partial charge in [-0.25, -0.2) is 0 Å². The Morgan fingerprint density at radius 1 is 0.750 bits per heavy atom. The van der Waals surface area contributed by atoms with Crippen LogP contribution in [0, 0.1) is 17.8 Å². The smallest absolute Gasteiger partial charge is 0.133 e. The summed E-state index contributed by atoms with van der Waals surface area (Å²) in [5, 5.41) is 13.6. The number of phenolic OH excluding ortho intramolecular Hbond substituents is 1. The van der Waals surface area contributed by atoms with Crippen molar-refractivity contribution in [3.63, 3.8) is 0 Å². The Bertz CT molecular complexity index is 1050. The van der Waals surface area contributed by atoms with Crippen LogP contribution in [0.2, 0.25) is 0 Å². The molecule has 0 unspecified atom stereocenters. The molecule has 0 radical (unpaired) electrons. The molecule has 0 atom stereocenters. The molecule has 0 spiro atoms. The van der Waals surface area contributed by atoms with Crippen molar-refractivity contribution in [1.82, 2.24) is 0 Å². The quantitative estimate of drug-likeness (QED) is 0.445. The lowest BCUT2D eigenvalue weighted by Crippen LogP contribution is -2.48. The normalized spacial score (nSPS) is 30.8. The number of hydrogen-bond acceptors (Lipinski definition) is 1. The van der Waals surface area contributed by atoms with Gasteiger partial charge in [-0.1, -0.05) is 36.4 Å². The van der Waals surface area contributed by atoms with Gasteiger partial charge in [-0.15, -0.1) is 0 Å². The summed E-state index contributed by atoms with van der Waals surface area (Å²) in [6.45, 7) is 0. The lowest BCUT2D eigenvalue weighted by Gasteiger charge is -2.57. The van der Waals surface area contributed by atoms with E-state index in [1.807, 2.05) is 0 Å². The van der Waals surface area contributed by atoms with Crippen molar-refractivity contribution >= 4 is 26.7 Å². The van der Waals surface area contributed by atoms with Crippen LogP contribution in [0.3, 0.4) is 0 Å². The molecular weight excluding hydrogens is 408 g/mol. The summed E-state index contributed by atoms with van der Waals surface area (Å²) >= 11 is 3.67. The molecule has 4 aliphatic carbocycles. The van der Waals surface area contributed by atoms with Crippen LogP contribution in [-0.4, -0.2) is 5.11 Å². The summed E-state index contributed by atoms with van der Waals surface area (Å²) < 4.78 is 0.837. The molecule has 0 amide bonds. The number of benzene rings is 3. The largest absolute Gasteiger partial charge is 0.506 e. The molecule has 0 aromatic heterocycles. The summed E-state index contributed by atoms with van der Waals surface area (Å²) in [4.78, 5) is 0. The lowest BCUT2D eigenvalue weighted by molar-refractivity contribution is -0.00615. The maximum Gasteiger partial charge on any atom is 0.133 e. The molecule has 4 bridgehead atoms. The Balaban J connectivity index is 1.49. The average molecular weight is 433 g/mol. The number of hydrogen-bond donors (Lipinski definition) is 1. The van der Waals surface area contributed by atoms with Crippen LogP contribution in [0.4, 0.5) is 0 Å². The zero-order chi connectivity index (χ0) is 18.9. The average Bonchev–Trinajstić information content (AvgIpc) is 2.68. The molecule has 4 aliphatic rings. The molecule has 4 saturated carbocycles. The molecule has 3 aromatic carbocycles. The van der Waals surface area contributed by atoms with E-state index in [-0.39, 0.29) is 5.41 Å². The van der Waals surface area contributed by atoms with Gasteiger partial charge in [0.1, 0.15) is 5.75 Å². The van der Waals surface area contributed by atoms with Crippen molar-refractivity contribution in [2.24, 2.45) is 17.8 Å². The molecule has 1 nitrogen and oxygen atoms in total. The van der Waals surface area contributed by atoms with Gasteiger partial charge in [0, 0.05) is 5.56 Å². The third-order valence-corrected chi connectivity index (χ3v) is 8.36. The zero-order valence-electron chi connectivity index (χ0n) is 16.0. The fraction of sp³-hybridized carbons (Fsp3) is 0.385. The number of aromatic hydroxyl groups is 1. The predicted octanol–water partition coefficient (Wildman–Crippen LogP) is 7.44. The van der Waals surface area contributed by atoms with E-state index >= 15 is 0 Å². The monoisotopic (exact) mass is 432 g/mol. The first-order chi connectivity index (χ1) is 13.6. The van der Waals surface area contributed by atoms with Gasteiger partial charge < -0.3 is 5.11 Å². The third-order valence-electron chi connectivity index (χ3n) is 7.76. The first-order valence-electron chi connectivity index (χ1n) is 10.6. The molecule has 0 aliphatic heterocycles. The van der Waals surface area contributed by atoms with Gasteiger partial charge in [-0.3, -0.25) is 0 Å². The molecule has 3 aromatic rings. The van der Waals surface area contributed by atoms with Crippen LogP contribution in [0.25, 0.3) is 21.9 Å². The fourth-order valence-electron chi connectivity index (χ4n) is 6.98. The molecule has 7 rings (SSSR count). The Morgan fingerprint density at radius 2 is 1.39 bits per heavy atom. The van der Waals surface area contributed by atoms with Crippen molar-refractivity contribution in [2.45, 2.75) is 43.9 Å². The van der Waals surface area contributed by atoms with E-state index in [2.05, 4.69) is 70.5 Å². The highest BCUT2D eigenvalue weighted by Gasteiger charge is 2.52. The minimum absolute atomic E-state index is 0.189. The van der Waals surface area contributed by atoms with Crippen LogP contribution in [-0.2, 0) is 5.41 Å². The van der Waals surface area contributed by atoms with Crippen molar-refractivity contribution < 1.29 is 5.11 Å². The van der Waals surface area contributed by atoms with Gasteiger partial charge >= 0.3 is 0 Å². The summed E-state index contributed by atoms with van der Waals surface area (Å²) in [5.41, 5.74) is 3.82. The van der Waals surface area contributed by atoms with Gasteiger partial charge in [-0.05, 0) is 118 Å². The van der Waals surface area contributed by atoms with Crippen LogP contribution in [0.1, 0.15) is 44.1 Å². The van der Waals surface area contributed by atoms with E-state index in [4.69, 9.17) is 0 Å². The highest BCUT2D eigenvalue weighted by Crippen LogP contribution is 2.62. The summed E-state index contributed by atoms with van der Waals surface area (Å²) in [7, 11) is 0. The fourth-order valence-corrected chi connectivity index (χ4v) is 7.44. The maximum absolute atomic E-state index is 11.1. The van der Waals surface area contributed by atoms with Gasteiger partial charge in [0.25, 0.3) is 0 Å². The van der Waals surface area contributed by atoms with E-state index in [9.17, 15) is 5.11 Å². The number of fused-ring (bicyclic) bond motifs is 1. The molecule has 0 heterocycles. The first-order valence-corrected chi connectivity index (χ1v) is 11.4. The van der Waals surface area contributed by atoms with Gasteiger partial charge in [0.15, 0.2) is 0 Å². The third kappa shape index (κ3) is 2.57. The van der Waals surface area contributed by atoms with Crippen LogP contribution >= 0.6 is 15.9 Å². The highest BCUT2D eigenvalue weighted by atomic mass is 79.9. The molecule has 4 fully saturated rings. The van der Waals surface area contributed by atoms with E-state index < -0.39 is 0 Å². The molecular formula is C26H25BrO. The first kappa shape index (κ1) is 17.1. The van der Waals surface area contributed by atoms with Crippen LogP contribution < -0.4 is 0 Å². The Morgan fingerprint density at radius 3 is 2.07 bits per heavy atom. The SMILES string of the molecule is Oc1c(Br)cc(-c2ccc3ccccc3c2)cc1C12CC3CC(CC(C3)C1)C2. The molecule has 2 heteroatoms. The van der Waals surface area contributed by atoms with Crippen molar-refractivity contribution in [1.29, 1.82) is 0 Å². The van der Waals surface area contributed by atoms with Gasteiger partial charge in [0.05, 0.1) is 4.47 Å². The van der Waals surface area contributed by atoms with Crippen LogP contribution in [0.15, 0.2) is 59.1 Å². The standard InChI is InChI=1S/C26H25BrO/c27-24-12-22(21-6-5-19-3-1-2-4-20(19)10-21)11-23(25(24)28)26-13-16-7-17(14-26)9-18(8-16)15-26/h1-6,10-12,16-18,28H,7-9,13-15H2. The molecule has 28 heavy (non-hydrogen) atoms. The van der Waals surface area contributed by atoms with E-state index in [0.717, 1.165) is 22.2 Å². The van der Waals surface area contributed by atoms with Crippen molar-refractivity contribution in [3.8, 4) is 16.9 Å². The summed E-state index contributed by atoms with van der Waals surface area (Å²) in [5.74, 6) is 3.09. The Labute approximate surface area is 174 Å². The van der Waals surface area contributed by atoms with Crippen molar-refractivity contribution in [3.05, 3.63) is 64.6 Å². The molecule has 1 N–H and O–H groups in total. The second-order valence-corrected chi connectivity index (χ2v) is 10.5. The molecule has 142 valence electrons. The summed E-state index contributed by atoms with van der Waals surface area (Å²) in [6.07, 6.45) is 8.06. The molecule has 0 saturated heterocycles. The lowest BCUT2D eigenvalue weighted by atomic mass is 9.48. The minimum atomic E-state index is 0.189. The number of phenols is 1. The van der Waals surface area contributed by atoms with Crippen LogP contribution in [0.5, 0.6) is 5.75 Å². The summed E-state index contributed by atoms with van der Waals surface area (Å²) in [6, 6.07) is 19.6. The highest BCUT2D eigenvalue weighted by molar-refractivity contribution is 9.10. The van der Waals surface area contributed by atoms with E-state index in [0.29, 0.717) is 5.75 Å². The van der Waals surface area contributed by atoms with Gasteiger partial charge in [-0.2, -0.15) is 0 Å². The topological polar surface area (TPSA) is 20.2 Å². The second-order valence-electron chi connectivity index (χ2n) is 9.61. The van der Waals surface area contributed by atoms with E-state index in [1.54, 1.807) is 0 Å². The number of rotatable bonds is 2. The van der Waals surface area contributed by atoms with Crippen molar-refractivity contribution in [2.75, 3.05) is 0 Å². The van der Waals surface area contributed by atoms with E-state index in [1.165, 1.54) is 66.0 Å².